The highest BCUT2D eigenvalue weighted by Crippen LogP contribution is 2.40. The first-order valence-corrected chi connectivity index (χ1v) is 12.1. The number of amides is 2. The van der Waals surface area contributed by atoms with Crippen LogP contribution < -0.4 is 10.8 Å². The molecule has 1 aromatic rings. The lowest BCUT2D eigenvalue weighted by Gasteiger charge is -2.49. The molecule has 1 aliphatic carbocycles. The van der Waals surface area contributed by atoms with E-state index in [0.717, 1.165) is 18.4 Å². The van der Waals surface area contributed by atoms with Gasteiger partial charge in [-0.15, -0.1) is 0 Å². The summed E-state index contributed by atoms with van der Waals surface area (Å²) < 4.78 is 0. The first-order valence-electron chi connectivity index (χ1n) is 12.1. The van der Waals surface area contributed by atoms with Crippen LogP contribution in [0, 0.1) is 11.8 Å². The summed E-state index contributed by atoms with van der Waals surface area (Å²) in [5, 5.41) is 22.5. The quantitative estimate of drug-likeness (QED) is 0.443. The largest absolute Gasteiger partial charge is 0.465 e. The molecule has 5 atom stereocenters. The number of nitrogens with one attached hydrogen (secondary N) is 2. The lowest BCUT2D eigenvalue weighted by molar-refractivity contribution is -0.157. The molecule has 33 heavy (non-hydrogen) atoms. The maximum atomic E-state index is 13.3. The monoisotopic (exact) mass is 461 g/mol. The Balaban J connectivity index is 1.87. The van der Waals surface area contributed by atoms with Crippen LogP contribution in [-0.2, 0) is 16.1 Å². The Morgan fingerprint density at radius 3 is 2.45 bits per heavy atom. The molecular formula is C25H39N3O5. The number of carbonyl (C=O) groups is 2. The smallest absolute Gasteiger partial charge is 0.404 e. The first-order chi connectivity index (χ1) is 15.6. The molecule has 0 aromatic heterocycles. The molecule has 1 unspecified atom stereocenters. The number of carbonyl (C=O) groups excluding carboxylic acids is 1. The molecule has 2 aliphatic rings. The zero-order valence-corrected chi connectivity index (χ0v) is 20.0. The average Bonchev–Trinajstić information content (AvgIpc) is 2.78. The number of hydrogen-bond donors (Lipinski definition) is 4. The third kappa shape index (κ3) is 7.42. The van der Waals surface area contributed by atoms with Gasteiger partial charge in [0.15, 0.2) is 0 Å². The first kappa shape index (κ1) is 25.5. The number of rotatable bonds is 8. The number of aliphatic hydroxyl groups excluding tert-OH is 1. The standard InChI is InChI=1S/C25H39N3O5/c1-25(2,3)33-27-23(30)21-14-18-11-7-8-12-19(18)16-28(21)20(22(29)15-26-24(31)32)13-17-9-5-4-6-10-17/h4-6,9-10,18-22,26,29H,7-8,11-16H2,1-3H3,(H,27,30)(H,31,32)/t18-,19+,20?,21-,22+/m0/s1. The molecule has 2 fully saturated rings. The number of hydroxylamine groups is 1. The minimum absolute atomic E-state index is 0.0930. The second-order valence-electron chi connectivity index (χ2n) is 10.4. The third-order valence-electron chi connectivity index (χ3n) is 6.82. The molecule has 4 N–H and O–H groups in total. The molecular weight excluding hydrogens is 422 g/mol. The minimum Gasteiger partial charge on any atom is -0.465 e. The summed E-state index contributed by atoms with van der Waals surface area (Å²) in [7, 11) is 0. The average molecular weight is 462 g/mol. The highest BCUT2D eigenvalue weighted by atomic mass is 16.7. The van der Waals surface area contributed by atoms with Crippen molar-refractivity contribution in [1.82, 2.24) is 15.7 Å². The molecule has 0 radical (unpaired) electrons. The molecule has 0 bridgehead atoms. The summed E-state index contributed by atoms with van der Waals surface area (Å²) in [6.45, 7) is 6.25. The van der Waals surface area contributed by atoms with Crippen LogP contribution in [-0.4, -0.2) is 64.0 Å². The number of aliphatic hydroxyl groups is 1. The summed E-state index contributed by atoms with van der Waals surface area (Å²) in [5.74, 6) is 0.752. The van der Waals surface area contributed by atoms with Crippen molar-refractivity contribution in [3.63, 3.8) is 0 Å². The van der Waals surface area contributed by atoms with Crippen molar-refractivity contribution in [1.29, 1.82) is 0 Å². The van der Waals surface area contributed by atoms with Crippen LogP contribution in [0.3, 0.4) is 0 Å². The van der Waals surface area contributed by atoms with E-state index in [1.165, 1.54) is 12.8 Å². The minimum atomic E-state index is -1.17. The van der Waals surface area contributed by atoms with Crippen LogP contribution in [0.2, 0.25) is 0 Å². The summed E-state index contributed by atoms with van der Waals surface area (Å²) in [6.07, 6.45) is 3.72. The number of benzene rings is 1. The van der Waals surface area contributed by atoms with Gasteiger partial charge in [-0.1, -0.05) is 49.6 Å². The van der Waals surface area contributed by atoms with Gasteiger partial charge < -0.3 is 15.5 Å². The van der Waals surface area contributed by atoms with Gasteiger partial charge in [-0.05, 0) is 57.4 Å². The predicted octanol–water partition coefficient (Wildman–Crippen LogP) is 2.95. The van der Waals surface area contributed by atoms with Gasteiger partial charge in [0.1, 0.15) is 0 Å². The van der Waals surface area contributed by atoms with E-state index >= 15 is 0 Å². The molecule has 1 heterocycles. The molecule has 8 heteroatoms. The SMILES string of the molecule is CC(C)(C)ONC(=O)[C@@H]1C[C@@H]2CCCC[C@@H]2CN1C(Cc1ccccc1)[C@H](O)CNC(=O)O. The molecule has 184 valence electrons. The van der Waals surface area contributed by atoms with Crippen molar-refractivity contribution in [2.24, 2.45) is 11.8 Å². The lowest BCUT2D eigenvalue weighted by atomic mass is 9.72. The van der Waals surface area contributed by atoms with Crippen LogP contribution >= 0.6 is 0 Å². The molecule has 3 rings (SSSR count). The van der Waals surface area contributed by atoms with E-state index in [1.807, 2.05) is 51.1 Å². The van der Waals surface area contributed by atoms with E-state index in [-0.39, 0.29) is 12.5 Å². The Morgan fingerprint density at radius 1 is 1.15 bits per heavy atom. The van der Waals surface area contributed by atoms with Gasteiger partial charge in [0.05, 0.1) is 17.7 Å². The highest BCUT2D eigenvalue weighted by Gasteiger charge is 2.44. The fraction of sp³-hybridized carbons (Fsp3) is 0.680. The predicted molar refractivity (Wildman–Crippen MR) is 126 cm³/mol. The van der Waals surface area contributed by atoms with Gasteiger partial charge in [0.2, 0.25) is 0 Å². The zero-order valence-electron chi connectivity index (χ0n) is 20.0. The number of hydrogen-bond acceptors (Lipinski definition) is 5. The van der Waals surface area contributed by atoms with E-state index in [9.17, 15) is 14.7 Å². The molecule has 1 saturated carbocycles. The number of piperidine rings is 1. The van der Waals surface area contributed by atoms with Crippen molar-refractivity contribution in [2.75, 3.05) is 13.1 Å². The van der Waals surface area contributed by atoms with E-state index in [4.69, 9.17) is 9.94 Å². The van der Waals surface area contributed by atoms with E-state index in [2.05, 4.69) is 15.7 Å². The van der Waals surface area contributed by atoms with Crippen LogP contribution in [0.5, 0.6) is 0 Å². The second kappa shape index (κ2) is 11.3. The van der Waals surface area contributed by atoms with E-state index < -0.39 is 29.9 Å². The van der Waals surface area contributed by atoms with Gasteiger partial charge in [-0.3, -0.25) is 14.5 Å². The van der Waals surface area contributed by atoms with Gasteiger partial charge in [-0.25, -0.2) is 10.3 Å². The maximum absolute atomic E-state index is 13.3. The van der Waals surface area contributed by atoms with Crippen LogP contribution in [0.15, 0.2) is 30.3 Å². The van der Waals surface area contributed by atoms with Crippen LogP contribution in [0.1, 0.15) is 58.4 Å². The fourth-order valence-electron chi connectivity index (χ4n) is 5.21. The maximum Gasteiger partial charge on any atom is 0.404 e. The van der Waals surface area contributed by atoms with Gasteiger partial charge in [0.25, 0.3) is 5.91 Å². The zero-order chi connectivity index (χ0) is 24.0. The fourth-order valence-corrected chi connectivity index (χ4v) is 5.21. The van der Waals surface area contributed by atoms with Crippen LogP contribution in [0.25, 0.3) is 0 Å². The molecule has 0 spiro atoms. The third-order valence-corrected chi connectivity index (χ3v) is 6.82. The molecule has 8 nitrogen and oxygen atoms in total. The number of fused-ring (bicyclic) bond motifs is 1. The Kier molecular flexibility index (Phi) is 8.73. The molecule has 1 aliphatic heterocycles. The van der Waals surface area contributed by atoms with Gasteiger partial charge >= 0.3 is 6.09 Å². The molecule has 2 amide bonds. The Labute approximate surface area is 196 Å². The van der Waals surface area contributed by atoms with E-state index in [0.29, 0.717) is 31.2 Å². The lowest BCUT2D eigenvalue weighted by Crippen LogP contribution is -2.62. The van der Waals surface area contributed by atoms with Gasteiger partial charge in [0, 0.05) is 19.1 Å². The Bertz CT molecular complexity index is 782. The Morgan fingerprint density at radius 2 is 1.82 bits per heavy atom. The highest BCUT2D eigenvalue weighted by molar-refractivity contribution is 5.81. The van der Waals surface area contributed by atoms with Gasteiger partial charge in [-0.2, -0.15) is 0 Å². The summed E-state index contributed by atoms with van der Waals surface area (Å²) >= 11 is 0. The van der Waals surface area contributed by atoms with Crippen molar-refractivity contribution in [3.8, 4) is 0 Å². The van der Waals surface area contributed by atoms with E-state index in [1.54, 1.807) is 0 Å². The van der Waals surface area contributed by atoms with Crippen molar-refractivity contribution < 1.29 is 24.6 Å². The number of carboxylic acid groups (broad SMARTS) is 1. The number of nitrogens with zero attached hydrogens (tertiary/aromatic N) is 1. The van der Waals surface area contributed by atoms with Crippen LogP contribution in [0.4, 0.5) is 4.79 Å². The topological polar surface area (TPSA) is 111 Å². The summed E-state index contributed by atoms with van der Waals surface area (Å²) in [6, 6.07) is 8.97. The van der Waals surface area contributed by atoms with Crippen molar-refractivity contribution in [2.45, 2.75) is 83.1 Å². The Hall–Kier alpha value is -2.16. The van der Waals surface area contributed by atoms with Crippen molar-refractivity contribution >= 4 is 12.0 Å². The second-order valence-corrected chi connectivity index (χ2v) is 10.4. The summed E-state index contributed by atoms with van der Waals surface area (Å²) in [5.41, 5.74) is 3.17. The summed E-state index contributed by atoms with van der Waals surface area (Å²) in [4.78, 5) is 32.1. The normalized spacial score (nSPS) is 25.5. The molecule has 1 saturated heterocycles. The molecule has 1 aromatic carbocycles. The number of likely N-dealkylation sites (tertiary alicyclic amines) is 1. The van der Waals surface area contributed by atoms with Crippen molar-refractivity contribution in [3.05, 3.63) is 35.9 Å².